The van der Waals surface area contributed by atoms with E-state index in [1.54, 1.807) is 10.9 Å². The molecule has 2 aromatic rings. The van der Waals surface area contributed by atoms with E-state index in [1.807, 2.05) is 27.1 Å². The summed E-state index contributed by atoms with van der Waals surface area (Å²) in [7, 11) is 1.83. The number of rotatable bonds is 3. The first kappa shape index (κ1) is 11.4. The Bertz CT molecular complexity index is 569. The Morgan fingerprint density at radius 2 is 2.24 bits per heavy atom. The lowest BCUT2D eigenvalue weighted by atomic mass is 10.2. The van der Waals surface area contributed by atoms with Crippen molar-refractivity contribution in [1.82, 2.24) is 19.7 Å². The monoisotopic (exact) mass is 233 g/mol. The van der Waals surface area contributed by atoms with Crippen molar-refractivity contribution in [2.75, 3.05) is 5.32 Å². The summed E-state index contributed by atoms with van der Waals surface area (Å²) in [5, 5.41) is 7.08. The van der Waals surface area contributed by atoms with E-state index in [0.29, 0.717) is 11.6 Å². The summed E-state index contributed by atoms with van der Waals surface area (Å²) in [4.78, 5) is 18.5. The van der Waals surface area contributed by atoms with Crippen molar-refractivity contribution in [3.8, 4) is 0 Å². The SMILES string of the molecule is CC(C)c1nc(Nc2cnn(C)c2)cc(=O)[nH]1. The van der Waals surface area contributed by atoms with Gasteiger partial charge in [-0.25, -0.2) is 4.98 Å². The van der Waals surface area contributed by atoms with Gasteiger partial charge in [-0.3, -0.25) is 9.48 Å². The molecule has 0 aliphatic heterocycles. The van der Waals surface area contributed by atoms with E-state index in [2.05, 4.69) is 20.4 Å². The average molecular weight is 233 g/mol. The van der Waals surface area contributed by atoms with E-state index in [-0.39, 0.29) is 11.5 Å². The van der Waals surface area contributed by atoms with Gasteiger partial charge in [0.1, 0.15) is 11.6 Å². The summed E-state index contributed by atoms with van der Waals surface area (Å²) >= 11 is 0. The molecule has 0 saturated heterocycles. The molecule has 0 atom stereocenters. The minimum Gasteiger partial charge on any atom is -0.337 e. The summed E-state index contributed by atoms with van der Waals surface area (Å²) in [5.41, 5.74) is 0.649. The molecule has 2 heterocycles. The van der Waals surface area contributed by atoms with Crippen molar-refractivity contribution in [1.29, 1.82) is 0 Å². The number of aromatic amines is 1. The molecule has 6 heteroatoms. The Balaban J connectivity index is 2.29. The molecular formula is C11H15N5O. The highest BCUT2D eigenvalue weighted by atomic mass is 16.1. The largest absolute Gasteiger partial charge is 0.337 e. The molecule has 2 N–H and O–H groups in total. The number of hydrogen-bond acceptors (Lipinski definition) is 4. The number of anilines is 2. The quantitative estimate of drug-likeness (QED) is 0.839. The van der Waals surface area contributed by atoms with E-state index in [4.69, 9.17) is 0 Å². The molecule has 0 bridgehead atoms. The Morgan fingerprint density at radius 1 is 1.47 bits per heavy atom. The van der Waals surface area contributed by atoms with Gasteiger partial charge in [0.15, 0.2) is 0 Å². The summed E-state index contributed by atoms with van der Waals surface area (Å²) in [6, 6.07) is 1.43. The topological polar surface area (TPSA) is 75.6 Å². The number of aromatic nitrogens is 4. The van der Waals surface area contributed by atoms with E-state index in [9.17, 15) is 4.79 Å². The van der Waals surface area contributed by atoms with Gasteiger partial charge < -0.3 is 10.3 Å². The minimum absolute atomic E-state index is 0.157. The zero-order valence-electron chi connectivity index (χ0n) is 10.1. The molecule has 0 aliphatic rings. The van der Waals surface area contributed by atoms with Gasteiger partial charge in [0.25, 0.3) is 5.56 Å². The second-order valence-corrected chi connectivity index (χ2v) is 4.20. The van der Waals surface area contributed by atoms with Crippen LogP contribution in [0.25, 0.3) is 0 Å². The highest BCUT2D eigenvalue weighted by Crippen LogP contribution is 2.13. The van der Waals surface area contributed by atoms with Gasteiger partial charge in [-0.05, 0) is 0 Å². The van der Waals surface area contributed by atoms with Crippen LogP contribution in [-0.2, 0) is 7.05 Å². The van der Waals surface area contributed by atoms with Crippen molar-refractivity contribution < 1.29 is 0 Å². The lowest BCUT2D eigenvalue weighted by Crippen LogP contribution is -2.13. The predicted molar refractivity (Wildman–Crippen MR) is 65.4 cm³/mol. The third-order valence-electron chi connectivity index (χ3n) is 2.28. The van der Waals surface area contributed by atoms with Gasteiger partial charge in [0, 0.05) is 25.2 Å². The molecule has 2 aromatic heterocycles. The van der Waals surface area contributed by atoms with Crippen LogP contribution in [-0.4, -0.2) is 19.7 Å². The first-order valence-electron chi connectivity index (χ1n) is 5.41. The summed E-state index contributed by atoms with van der Waals surface area (Å²) < 4.78 is 1.68. The predicted octanol–water partition coefficient (Wildman–Crippen LogP) is 1.37. The van der Waals surface area contributed by atoms with E-state index in [1.165, 1.54) is 6.07 Å². The highest BCUT2D eigenvalue weighted by Gasteiger charge is 2.05. The highest BCUT2D eigenvalue weighted by molar-refractivity contribution is 5.53. The maximum absolute atomic E-state index is 11.5. The summed E-state index contributed by atoms with van der Waals surface area (Å²) in [6.07, 6.45) is 3.50. The standard InChI is InChI=1S/C11H15N5O/c1-7(2)11-14-9(4-10(17)15-11)13-8-5-12-16(3)6-8/h4-7H,1-3H3,(H2,13,14,15,17). The van der Waals surface area contributed by atoms with Crippen molar-refractivity contribution in [3.05, 3.63) is 34.6 Å². The smallest absolute Gasteiger partial charge is 0.252 e. The number of H-pyrrole nitrogens is 1. The Kier molecular flexibility index (Phi) is 2.95. The Hall–Kier alpha value is -2.11. The molecule has 2 rings (SSSR count). The van der Waals surface area contributed by atoms with Gasteiger partial charge in [0.2, 0.25) is 0 Å². The molecule has 0 fully saturated rings. The van der Waals surface area contributed by atoms with Crippen molar-refractivity contribution in [2.24, 2.45) is 7.05 Å². The van der Waals surface area contributed by atoms with Gasteiger partial charge in [-0.15, -0.1) is 0 Å². The number of nitrogens with one attached hydrogen (secondary N) is 2. The Labute approximate surface area is 98.7 Å². The van der Waals surface area contributed by atoms with Crippen LogP contribution in [0.2, 0.25) is 0 Å². The zero-order valence-corrected chi connectivity index (χ0v) is 10.1. The molecule has 0 aromatic carbocycles. The molecule has 0 spiro atoms. The fourth-order valence-electron chi connectivity index (χ4n) is 1.45. The molecule has 0 amide bonds. The van der Waals surface area contributed by atoms with Crippen LogP contribution >= 0.6 is 0 Å². The second-order valence-electron chi connectivity index (χ2n) is 4.20. The lowest BCUT2D eigenvalue weighted by molar-refractivity contribution is 0.767. The van der Waals surface area contributed by atoms with Crippen LogP contribution in [0.3, 0.4) is 0 Å². The van der Waals surface area contributed by atoms with Crippen molar-refractivity contribution >= 4 is 11.5 Å². The lowest BCUT2D eigenvalue weighted by Gasteiger charge is -2.07. The van der Waals surface area contributed by atoms with Gasteiger partial charge >= 0.3 is 0 Å². The molecule has 17 heavy (non-hydrogen) atoms. The zero-order chi connectivity index (χ0) is 12.4. The number of nitrogens with zero attached hydrogens (tertiary/aromatic N) is 3. The van der Waals surface area contributed by atoms with E-state index in [0.717, 1.165) is 5.69 Å². The normalized spacial score (nSPS) is 10.8. The van der Waals surface area contributed by atoms with E-state index >= 15 is 0 Å². The molecule has 90 valence electrons. The summed E-state index contributed by atoms with van der Waals surface area (Å²) in [5.74, 6) is 1.38. The van der Waals surface area contributed by atoms with Crippen molar-refractivity contribution in [3.63, 3.8) is 0 Å². The third kappa shape index (κ3) is 2.72. The molecular weight excluding hydrogens is 218 g/mol. The molecule has 0 radical (unpaired) electrons. The fraction of sp³-hybridized carbons (Fsp3) is 0.364. The molecule has 0 saturated carbocycles. The van der Waals surface area contributed by atoms with Crippen LogP contribution in [0.5, 0.6) is 0 Å². The summed E-state index contributed by atoms with van der Waals surface area (Å²) in [6.45, 7) is 3.96. The average Bonchev–Trinajstić information content (AvgIpc) is 2.63. The maximum Gasteiger partial charge on any atom is 0.252 e. The molecule has 0 unspecified atom stereocenters. The Morgan fingerprint density at radius 3 is 2.82 bits per heavy atom. The number of hydrogen-bond donors (Lipinski definition) is 2. The van der Waals surface area contributed by atoms with Gasteiger partial charge in [0.05, 0.1) is 11.9 Å². The first-order valence-corrected chi connectivity index (χ1v) is 5.41. The second kappa shape index (κ2) is 4.40. The maximum atomic E-state index is 11.5. The van der Waals surface area contributed by atoms with Crippen LogP contribution < -0.4 is 10.9 Å². The first-order chi connectivity index (χ1) is 8.04. The van der Waals surface area contributed by atoms with E-state index < -0.39 is 0 Å². The van der Waals surface area contributed by atoms with Crippen LogP contribution in [0, 0.1) is 0 Å². The molecule has 0 aliphatic carbocycles. The third-order valence-corrected chi connectivity index (χ3v) is 2.28. The van der Waals surface area contributed by atoms with Gasteiger partial charge in [-0.2, -0.15) is 5.10 Å². The van der Waals surface area contributed by atoms with Crippen LogP contribution in [0.4, 0.5) is 11.5 Å². The fourth-order valence-corrected chi connectivity index (χ4v) is 1.45. The van der Waals surface area contributed by atoms with Crippen LogP contribution in [0.15, 0.2) is 23.3 Å². The number of aryl methyl sites for hydroxylation is 1. The minimum atomic E-state index is -0.157. The molecule has 6 nitrogen and oxygen atoms in total. The van der Waals surface area contributed by atoms with Gasteiger partial charge in [-0.1, -0.05) is 13.8 Å². The van der Waals surface area contributed by atoms with Crippen molar-refractivity contribution in [2.45, 2.75) is 19.8 Å². The van der Waals surface area contributed by atoms with Crippen LogP contribution in [0.1, 0.15) is 25.6 Å².